The highest BCUT2D eigenvalue weighted by molar-refractivity contribution is 5.70. The summed E-state index contributed by atoms with van der Waals surface area (Å²) in [6.45, 7) is 4.27. The molecule has 1 aliphatic heterocycles. The van der Waals surface area contributed by atoms with E-state index in [0.717, 1.165) is 24.2 Å². The third kappa shape index (κ3) is 3.33. The maximum Gasteiger partial charge on any atom is 0.307 e. The second-order valence-corrected chi connectivity index (χ2v) is 5.15. The van der Waals surface area contributed by atoms with Gasteiger partial charge in [0.25, 0.3) is 0 Å². The molecule has 0 spiro atoms. The second kappa shape index (κ2) is 6.01. The van der Waals surface area contributed by atoms with Gasteiger partial charge in [0, 0.05) is 12.6 Å². The Morgan fingerprint density at radius 1 is 1.33 bits per heavy atom. The van der Waals surface area contributed by atoms with Crippen molar-refractivity contribution >= 4 is 5.97 Å². The summed E-state index contributed by atoms with van der Waals surface area (Å²) in [5.41, 5.74) is 2.11. The monoisotopic (exact) mass is 247 g/mol. The zero-order valence-corrected chi connectivity index (χ0v) is 10.9. The zero-order valence-electron chi connectivity index (χ0n) is 10.9. The van der Waals surface area contributed by atoms with Gasteiger partial charge in [-0.1, -0.05) is 30.7 Å². The van der Waals surface area contributed by atoms with Crippen LogP contribution in [0.4, 0.5) is 0 Å². The van der Waals surface area contributed by atoms with E-state index in [4.69, 9.17) is 5.11 Å². The summed E-state index contributed by atoms with van der Waals surface area (Å²) in [6.07, 6.45) is 3.94. The summed E-state index contributed by atoms with van der Waals surface area (Å²) in [5, 5.41) is 8.94. The number of carboxylic acid groups (broad SMARTS) is 1. The van der Waals surface area contributed by atoms with Crippen molar-refractivity contribution in [2.75, 3.05) is 6.54 Å². The minimum absolute atomic E-state index is 0.123. The molecule has 0 bridgehead atoms. The number of rotatable bonds is 4. The number of piperidine rings is 1. The minimum atomic E-state index is -0.755. The van der Waals surface area contributed by atoms with E-state index in [1.807, 2.05) is 18.2 Å². The Bertz CT molecular complexity index is 417. The van der Waals surface area contributed by atoms with Crippen molar-refractivity contribution in [1.82, 2.24) is 4.90 Å². The first-order valence-corrected chi connectivity index (χ1v) is 6.69. The maximum atomic E-state index is 10.9. The van der Waals surface area contributed by atoms with Crippen LogP contribution in [-0.2, 0) is 17.8 Å². The fourth-order valence-electron chi connectivity index (χ4n) is 2.66. The molecule has 0 aliphatic carbocycles. The van der Waals surface area contributed by atoms with Gasteiger partial charge in [0.1, 0.15) is 0 Å². The number of aliphatic carboxylic acids is 1. The number of likely N-dealkylation sites (tertiary alicyclic amines) is 1. The van der Waals surface area contributed by atoms with Crippen LogP contribution in [0.2, 0.25) is 0 Å². The molecule has 1 heterocycles. The largest absolute Gasteiger partial charge is 0.481 e. The van der Waals surface area contributed by atoms with Crippen LogP contribution in [0.1, 0.15) is 37.3 Å². The van der Waals surface area contributed by atoms with Crippen molar-refractivity contribution in [1.29, 1.82) is 0 Å². The van der Waals surface area contributed by atoms with Crippen LogP contribution in [0, 0.1) is 0 Å². The molecule has 0 radical (unpaired) electrons. The molecule has 98 valence electrons. The third-order valence-corrected chi connectivity index (χ3v) is 3.77. The molecule has 1 aromatic carbocycles. The van der Waals surface area contributed by atoms with Crippen molar-refractivity contribution in [3.63, 3.8) is 0 Å². The number of benzene rings is 1. The van der Waals surface area contributed by atoms with Crippen molar-refractivity contribution in [2.24, 2.45) is 0 Å². The number of carbonyl (C=O) groups is 1. The van der Waals surface area contributed by atoms with E-state index in [0.29, 0.717) is 6.04 Å². The molecule has 0 aromatic heterocycles. The van der Waals surface area contributed by atoms with E-state index in [1.54, 1.807) is 0 Å². The molecule has 2 rings (SSSR count). The van der Waals surface area contributed by atoms with E-state index in [9.17, 15) is 4.79 Å². The van der Waals surface area contributed by atoms with Gasteiger partial charge in [0.15, 0.2) is 0 Å². The van der Waals surface area contributed by atoms with Gasteiger partial charge in [-0.25, -0.2) is 0 Å². The Kier molecular flexibility index (Phi) is 4.37. The summed E-state index contributed by atoms with van der Waals surface area (Å²) < 4.78 is 0. The van der Waals surface area contributed by atoms with E-state index >= 15 is 0 Å². The predicted octanol–water partition coefficient (Wildman–Crippen LogP) is 2.69. The fourth-order valence-corrected chi connectivity index (χ4v) is 2.66. The molecular formula is C15H21NO2. The van der Waals surface area contributed by atoms with Gasteiger partial charge < -0.3 is 5.11 Å². The molecule has 1 fully saturated rings. The van der Waals surface area contributed by atoms with Gasteiger partial charge >= 0.3 is 5.97 Å². The molecule has 0 saturated carbocycles. The molecule has 1 N–H and O–H groups in total. The standard InChI is InChI=1S/C15H21NO2/c1-12-6-4-5-9-16(12)11-14-8-3-2-7-13(14)10-15(17)18/h2-3,7-8,12H,4-6,9-11H2,1H3,(H,17,18). The average Bonchev–Trinajstić information content (AvgIpc) is 2.34. The van der Waals surface area contributed by atoms with Gasteiger partial charge in [0.05, 0.1) is 6.42 Å². The lowest BCUT2D eigenvalue weighted by Crippen LogP contribution is -2.37. The third-order valence-electron chi connectivity index (χ3n) is 3.77. The Balaban J connectivity index is 2.10. The highest BCUT2D eigenvalue weighted by Gasteiger charge is 2.19. The first kappa shape index (κ1) is 13.1. The van der Waals surface area contributed by atoms with Crippen LogP contribution in [0.25, 0.3) is 0 Å². The summed E-state index contributed by atoms with van der Waals surface area (Å²) in [6, 6.07) is 8.51. The molecule has 1 aromatic rings. The SMILES string of the molecule is CC1CCCCN1Cc1ccccc1CC(=O)O. The van der Waals surface area contributed by atoms with E-state index in [1.165, 1.54) is 19.3 Å². The molecule has 18 heavy (non-hydrogen) atoms. The lowest BCUT2D eigenvalue weighted by atomic mass is 10.00. The van der Waals surface area contributed by atoms with Gasteiger partial charge in [-0.3, -0.25) is 9.69 Å². The van der Waals surface area contributed by atoms with Crippen LogP contribution in [-0.4, -0.2) is 28.6 Å². The van der Waals surface area contributed by atoms with E-state index in [-0.39, 0.29) is 6.42 Å². The van der Waals surface area contributed by atoms with Crippen LogP contribution in [0.15, 0.2) is 24.3 Å². The molecule has 3 heteroatoms. The van der Waals surface area contributed by atoms with Gasteiger partial charge in [0.2, 0.25) is 0 Å². The minimum Gasteiger partial charge on any atom is -0.481 e. The summed E-state index contributed by atoms with van der Waals surface area (Å²) in [5.74, 6) is -0.755. The molecule has 0 amide bonds. The number of carboxylic acids is 1. The quantitative estimate of drug-likeness (QED) is 0.889. The lowest BCUT2D eigenvalue weighted by molar-refractivity contribution is -0.136. The first-order chi connectivity index (χ1) is 8.66. The Morgan fingerprint density at radius 2 is 2.06 bits per heavy atom. The fraction of sp³-hybridized carbons (Fsp3) is 0.533. The van der Waals surface area contributed by atoms with Crippen molar-refractivity contribution in [2.45, 2.75) is 45.2 Å². The topological polar surface area (TPSA) is 40.5 Å². The highest BCUT2D eigenvalue weighted by atomic mass is 16.4. The Labute approximate surface area is 108 Å². The smallest absolute Gasteiger partial charge is 0.307 e. The zero-order chi connectivity index (χ0) is 13.0. The van der Waals surface area contributed by atoms with Crippen LogP contribution in [0.5, 0.6) is 0 Å². The normalized spacial score (nSPS) is 20.8. The predicted molar refractivity (Wildman–Crippen MR) is 71.5 cm³/mol. The number of hydrogen-bond donors (Lipinski definition) is 1. The first-order valence-electron chi connectivity index (χ1n) is 6.69. The molecule has 1 unspecified atom stereocenters. The number of hydrogen-bond acceptors (Lipinski definition) is 2. The molecule has 1 atom stereocenters. The Hall–Kier alpha value is -1.35. The van der Waals surface area contributed by atoms with Crippen LogP contribution >= 0.6 is 0 Å². The molecule has 3 nitrogen and oxygen atoms in total. The molecular weight excluding hydrogens is 226 g/mol. The molecule has 1 saturated heterocycles. The maximum absolute atomic E-state index is 10.9. The highest BCUT2D eigenvalue weighted by Crippen LogP contribution is 2.21. The van der Waals surface area contributed by atoms with E-state index in [2.05, 4.69) is 17.9 Å². The Morgan fingerprint density at radius 3 is 2.72 bits per heavy atom. The van der Waals surface area contributed by atoms with Crippen LogP contribution < -0.4 is 0 Å². The summed E-state index contributed by atoms with van der Waals surface area (Å²) >= 11 is 0. The molecule has 1 aliphatic rings. The van der Waals surface area contributed by atoms with Crippen molar-refractivity contribution < 1.29 is 9.90 Å². The summed E-state index contributed by atoms with van der Waals surface area (Å²) in [7, 11) is 0. The van der Waals surface area contributed by atoms with E-state index < -0.39 is 5.97 Å². The van der Waals surface area contributed by atoms with Gasteiger partial charge in [-0.05, 0) is 37.4 Å². The summed E-state index contributed by atoms with van der Waals surface area (Å²) in [4.78, 5) is 13.3. The second-order valence-electron chi connectivity index (χ2n) is 5.15. The van der Waals surface area contributed by atoms with Crippen LogP contribution in [0.3, 0.4) is 0 Å². The van der Waals surface area contributed by atoms with Gasteiger partial charge in [-0.15, -0.1) is 0 Å². The van der Waals surface area contributed by atoms with Crippen molar-refractivity contribution in [3.8, 4) is 0 Å². The average molecular weight is 247 g/mol. The lowest BCUT2D eigenvalue weighted by Gasteiger charge is -2.33. The van der Waals surface area contributed by atoms with Crippen molar-refractivity contribution in [3.05, 3.63) is 35.4 Å². The number of nitrogens with zero attached hydrogens (tertiary/aromatic N) is 1. The van der Waals surface area contributed by atoms with Gasteiger partial charge in [-0.2, -0.15) is 0 Å².